The Balaban J connectivity index is 1.65. The van der Waals surface area contributed by atoms with Crippen molar-refractivity contribution >= 4 is 11.3 Å². The molecule has 1 fully saturated rings. The number of rotatable bonds is 5. The van der Waals surface area contributed by atoms with Crippen molar-refractivity contribution in [2.75, 3.05) is 20.1 Å². The van der Waals surface area contributed by atoms with Crippen molar-refractivity contribution in [1.82, 2.24) is 9.88 Å². The Hall–Kier alpha value is -0.410. The van der Waals surface area contributed by atoms with E-state index >= 15 is 0 Å². The SMILES string of the molecule is C[C@H]1C[C@H]1CN(C)CCc1nccs1. The van der Waals surface area contributed by atoms with Crippen molar-refractivity contribution in [3.8, 4) is 0 Å². The summed E-state index contributed by atoms with van der Waals surface area (Å²) in [5, 5.41) is 3.32. The van der Waals surface area contributed by atoms with Crippen LogP contribution in [0.4, 0.5) is 0 Å². The first kappa shape index (κ1) is 10.1. The predicted molar refractivity (Wildman–Crippen MR) is 60.6 cm³/mol. The molecule has 2 atom stereocenters. The van der Waals surface area contributed by atoms with Crippen LogP contribution >= 0.6 is 11.3 Å². The van der Waals surface area contributed by atoms with Crippen LogP contribution in [0, 0.1) is 11.8 Å². The van der Waals surface area contributed by atoms with Crippen LogP contribution in [0.15, 0.2) is 11.6 Å². The van der Waals surface area contributed by atoms with E-state index in [-0.39, 0.29) is 0 Å². The quantitative estimate of drug-likeness (QED) is 0.741. The lowest BCUT2D eigenvalue weighted by Crippen LogP contribution is -2.23. The molecule has 0 aliphatic heterocycles. The minimum atomic E-state index is 0.969. The molecule has 0 aromatic carbocycles. The summed E-state index contributed by atoms with van der Waals surface area (Å²) >= 11 is 1.76. The second-order valence-corrected chi connectivity index (χ2v) is 5.39. The zero-order chi connectivity index (χ0) is 9.97. The maximum atomic E-state index is 4.29. The molecule has 1 aliphatic carbocycles. The molecular weight excluding hydrogens is 192 g/mol. The zero-order valence-electron chi connectivity index (χ0n) is 8.94. The normalized spacial score (nSPS) is 25.6. The van der Waals surface area contributed by atoms with E-state index in [9.17, 15) is 0 Å². The van der Waals surface area contributed by atoms with Crippen LogP contribution in [-0.4, -0.2) is 30.0 Å². The first-order valence-corrected chi connectivity index (χ1v) is 6.20. The Morgan fingerprint density at radius 1 is 1.64 bits per heavy atom. The number of thiazole rings is 1. The number of likely N-dealkylation sites (N-methyl/N-ethyl adjacent to an activating group) is 1. The molecule has 1 aromatic rings. The van der Waals surface area contributed by atoms with Gasteiger partial charge in [-0.25, -0.2) is 4.98 Å². The van der Waals surface area contributed by atoms with E-state index in [1.807, 2.05) is 6.20 Å². The Bertz CT molecular complexity index is 271. The van der Waals surface area contributed by atoms with E-state index in [4.69, 9.17) is 0 Å². The molecule has 0 N–H and O–H groups in total. The predicted octanol–water partition coefficient (Wildman–Crippen LogP) is 2.27. The maximum absolute atomic E-state index is 4.29. The standard InChI is InChI=1S/C11H18N2S/c1-9-7-10(9)8-13(2)5-3-11-12-4-6-14-11/h4,6,9-10H,3,5,7-8H2,1-2H3/t9-,10-/m0/s1. The summed E-state index contributed by atoms with van der Waals surface area (Å²) in [6.45, 7) is 4.77. The van der Waals surface area contributed by atoms with Crippen LogP contribution in [0.5, 0.6) is 0 Å². The summed E-state index contributed by atoms with van der Waals surface area (Å²) in [7, 11) is 2.22. The maximum Gasteiger partial charge on any atom is 0.0937 e. The molecule has 2 rings (SSSR count). The van der Waals surface area contributed by atoms with Crippen LogP contribution < -0.4 is 0 Å². The first-order valence-electron chi connectivity index (χ1n) is 5.32. The van der Waals surface area contributed by atoms with Crippen LogP contribution in [0.1, 0.15) is 18.4 Å². The van der Waals surface area contributed by atoms with Gasteiger partial charge in [-0.05, 0) is 25.3 Å². The highest BCUT2D eigenvalue weighted by Gasteiger charge is 2.32. The van der Waals surface area contributed by atoms with Crippen LogP contribution in [0.25, 0.3) is 0 Å². The van der Waals surface area contributed by atoms with Gasteiger partial charge in [0, 0.05) is 31.1 Å². The van der Waals surface area contributed by atoms with Crippen molar-refractivity contribution < 1.29 is 0 Å². The molecule has 0 saturated heterocycles. The highest BCUT2D eigenvalue weighted by molar-refractivity contribution is 7.09. The number of aromatic nitrogens is 1. The fraction of sp³-hybridized carbons (Fsp3) is 0.727. The Morgan fingerprint density at radius 3 is 3.00 bits per heavy atom. The minimum absolute atomic E-state index is 0.969. The highest BCUT2D eigenvalue weighted by Crippen LogP contribution is 2.37. The van der Waals surface area contributed by atoms with Gasteiger partial charge >= 0.3 is 0 Å². The van der Waals surface area contributed by atoms with Crippen molar-refractivity contribution in [3.63, 3.8) is 0 Å². The smallest absolute Gasteiger partial charge is 0.0937 e. The van der Waals surface area contributed by atoms with Gasteiger partial charge in [0.2, 0.25) is 0 Å². The monoisotopic (exact) mass is 210 g/mol. The van der Waals surface area contributed by atoms with E-state index in [0.717, 1.165) is 24.8 Å². The first-order chi connectivity index (χ1) is 6.75. The van der Waals surface area contributed by atoms with Gasteiger partial charge in [0.25, 0.3) is 0 Å². The number of hydrogen-bond acceptors (Lipinski definition) is 3. The summed E-state index contributed by atoms with van der Waals surface area (Å²) in [5.74, 6) is 1.94. The summed E-state index contributed by atoms with van der Waals surface area (Å²) in [6, 6.07) is 0. The van der Waals surface area contributed by atoms with E-state index in [1.54, 1.807) is 11.3 Å². The third kappa shape index (κ3) is 2.79. The minimum Gasteiger partial charge on any atom is -0.306 e. The van der Waals surface area contributed by atoms with Gasteiger partial charge in [-0.15, -0.1) is 11.3 Å². The molecule has 1 aliphatic rings. The van der Waals surface area contributed by atoms with E-state index < -0.39 is 0 Å². The molecule has 0 bridgehead atoms. The van der Waals surface area contributed by atoms with Crippen LogP contribution in [0.2, 0.25) is 0 Å². The third-order valence-corrected chi connectivity index (χ3v) is 3.85. The summed E-state index contributed by atoms with van der Waals surface area (Å²) < 4.78 is 0. The number of hydrogen-bond donors (Lipinski definition) is 0. The second-order valence-electron chi connectivity index (χ2n) is 4.41. The fourth-order valence-corrected chi connectivity index (χ4v) is 2.42. The Morgan fingerprint density at radius 2 is 2.43 bits per heavy atom. The van der Waals surface area contributed by atoms with Crippen molar-refractivity contribution in [3.05, 3.63) is 16.6 Å². The van der Waals surface area contributed by atoms with Gasteiger partial charge in [-0.3, -0.25) is 0 Å². The van der Waals surface area contributed by atoms with E-state index in [2.05, 4.69) is 29.2 Å². The molecule has 78 valence electrons. The van der Waals surface area contributed by atoms with E-state index in [0.29, 0.717) is 0 Å². The van der Waals surface area contributed by atoms with Crippen molar-refractivity contribution in [2.45, 2.75) is 19.8 Å². The van der Waals surface area contributed by atoms with Gasteiger partial charge in [-0.1, -0.05) is 6.92 Å². The lowest BCUT2D eigenvalue weighted by atomic mass is 10.3. The van der Waals surface area contributed by atoms with E-state index in [1.165, 1.54) is 18.0 Å². The van der Waals surface area contributed by atoms with Crippen molar-refractivity contribution in [2.24, 2.45) is 11.8 Å². The molecule has 3 heteroatoms. The molecule has 0 unspecified atom stereocenters. The van der Waals surface area contributed by atoms with Gasteiger partial charge in [-0.2, -0.15) is 0 Å². The van der Waals surface area contributed by atoms with Gasteiger partial charge in [0.1, 0.15) is 0 Å². The lowest BCUT2D eigenvalue weighted by Gasteiger charge is -2.15. The summed E-state index contributed by atoms with van der Waals surface area (Å²) in [5.41, 5.74) is 0. The molecule has 14 heavy (non-hydrogen) atoms. The molecule has 1 aromatic heterocycles. The fourth-order valence-electron chi connectivity index (χ4n) is 1.81. The Labute approximate surface area is 90.0 Å². The van der Waals surface area contributed by atoms with Crippen LogP contribution in [0.3, 0.4) is 0 Å². The molecular formula is C11H18N2S. The molecule has 0 amide bonds. The molecule has 0 radical (unpaired) electrons. The molecule has 2 nitrogen and oxygen atoms in total. The number of nitrogens with zero attached hydrogens (tertiary/aromatic N) is 2. The van der Waals surface area contributed by atoms with Gasteiger partial charge in [0.15, 0.2) is 0 Å². The van der Waals surface area contributed by atoms with Gasteiger partial charge < -0.3 is 4.90 Å². The second kappa shape index (κ2) is 4.41. The van der Waals surface area contributed by atoms with Gasteiger partial charge in [0.05, 0.1) is 5.01 Å². The Kier molecular flexibility index (Phi) is 3.19. The highest BCUT2D eigenvalue weighted by atomic mass is 32.1. The lowest BCUT2D eigenvalue weighted by molar-refractivity contribution is 0.318. The topological polar surface area (TPSA) is 16.1 Å². The average Bonchev–Trinajstić information content (AvgIpc) is 2.71. The van der Waals surface area contributed by atoms with Crippen molar-refractivity contribution in [1.29, 1.82) is 0 Å². The summed E-state index contributed by atoms with van der Waals surface area (Å²) in [4.78, 5) is 6.73. The largest absolute Gasteiger partial charge is 0.306 e. The average molecular weight is 210 g/mol. The third-order valence-electron chi connectivity index (χ3n) is 3.01. The van der Waals surface area contributed by atoms with Crippen LogP contribution in [-0.2, 0) is 6.42 Å². The molecule has 1 heterocycles. The summed E-state index contributed by atoms with van der Waals surface area (Å²) in [6.07, 6.45) is 4.43. The molecule has 0 spiro atoms. The zero-order valence-corrected chi connectivity index (χ0v) is 9.76. The molecule has 1 saturated carbocycles.